The van der Waals surface area contributed by atoms with E-state index in [1.807, 2.05) is 0 Å². The molecule has 22 heavy (non-hydrogen) atoms. The number of carbonyl (C=O) groups is 1. The van der Waals surface area contributed by atoms with Crippen LogP contribution in [0.15, 0.2) is 24.3 Å². The minimum Gasteiger partial charge on any atom is -0.350 e. The van der Waals surface area contributed by atoms with Crippen molar-refractivity contribution in [1.29, 1.82) is 0 Å². The third kappa shape index (κ3) is 4.73. The molecule has 0 bridgehead atoms. The van der Waals surface area contributed by atoms with E-state index in [-0.39, 0.29) is 5.91 Å². The highest BCUT2D eigenvalue weighted by Crippen LogP contribution is 2.30. The smallest absolute Gasteiger partial charge is 0.350 e. The Morgan fingerprint density at radius 1 is 1.45 bits per heavy atom. The molecule has 3 nitrogen and oxygen atoms in total. The van der Waals surface area contributed by atoms with E-state index in [4.69, 9.17) is 0 Å². The fourth-order valence-corrected chi connectivity index (χ4v) is 2.69. The van der Waals surface area contributed by atoms with Gasteiger partial charge in [-0.2, -0.15) is 13.2 Å². The van der Waals surface area contributed by atoms with Gasteiger partial charge in [0.2, 0.25) is 5.91 Å². The number of nitrogens with one attached hydrogen (secondary N) is 2. The van der Waals surface area contributed by atoms with Gasteiger partial charge in [-0.3, -0.25) is 4.79 Å². The molecule has 1 aromatic carbocycles. The molecule has 0 saturated carbocycles. The molecule has 6 heteroatoms. The summed E-state index contributed by atoms with van der Waals surface area (Å²) in [5.74, 6) is -0.126. The average molecular weight is 314 g/mol. The predicted octanol–water partition coefficient (Wildman–Crippen LogP) is 3.41. The third-order valence-corrected chi connectivity index (χ3v) is 3.97. The maximum absolute atomic E-state index is 12.7. The number of rotatable bonds is 5. The molecule has 2 unspecified atom stereocenters. The molecule has 1 saturated heterocycles. The Morgan fingerprint density at radius 2 is 2.23 bits per heavy atom. The van der Waals surface area contributed by atoms with Crippen LogP contribution in [0.1, 0.15) is 49.8 Å². The minimum absolute atomic E-state index is 0.126. The molecule has 0 aromatic heterocycles. The molecule has 2 rings (SSSR count). The lowest BCUT2D eigenvalue weighted by atomic mass is 10.0. The molecule has 122 valence electrons. The van der Waals surface area contributed by atoms with Crippen LogP contribution in [0.3, 0.4) is 0 Å². The Bertz CT molecular complexity index is 510. The van der Waals surface area contributed by atoms with Gasteiger partial charge < -0.3 is 10.6 Å². The number of carbonyl (C=O) groups excluding carboxylic acids is 1. The van der Waals surface area contributed by atoms with Crippen LogP contribution in [0.25, 0.3) is 0 Å². The van der Waals surface area contributed by atoms with E-state index in [0.717, 1.165) is 37.9 Å². The van der Waals surface area contributed by atoms with Crippen molar-refractivity contribution in [3.63, 3.8) is 0 Å². The predicted molar refractivity (Wildman–Crippen MR) is 78.3 cm³/mol. The standard InChI is InChI=1S/C16H21F3N2O/c1-11(12-4-2-5-13(10-12)16(17,18)19)21-15(22)8-7-14-6-3-9-20-14/h2,4-5,10-11,14,20H,3,6-9H2,1H3,(H,21,22). The van der Waals surface area contributed by atoms with Crippen LogP contribution in [0.4, 0.5) is 13.2 Å². The van der Waals surface area contributed by atoms with Gasteiger partial charge in [0.15, 0.2) is 0 Å². The van der Waals surface area contributed by atoms with Gasteiger partial charge in [0.1, 0.15) is 0 Å². The van der Waals surface area contributed by atoms with Crippen molar-refractivity contribution in [2.24, 2.45) is 0 Å². The lowest BCUT2D eigenvalue weighted by Gasteiger charge is -2.17. The van der Waals surface area contributed by atoms with Crippen molar-refractivity contribution >= 4 is 5.91 Å². The van der Waals surface area contributed by atoms with Crippen LogP contribution in [0.5, 0.6) is 0 Å². The summed E-state index contributed by atoms with van der Waals surface area (Å²) in [6, 6.07) is 5.02. The van der Waals surface area contributed by atoms with Crippen molar-refractivity contribution in [3.8, 4) is 0 Å². The molecule has 0 aliphatic carbocycles. The van der Waals surface area contributed by atoms with Crippen molar-refractivity contribution in [2.75, 3.05) is 6.54 Å². The molecule has 0 radical (unpaired) electrons. The van der Waals surface area contributed by atoms with Gasteiger partial charge in [-0.1, -0.05) is 12.1 Å². The molecule has 2 N–H and O–H groups in total. The van der Waals surface area contributed by atoms with Gasteiger partial charge in [-0.25, -0.2) is 0 Å². The third-order valence-electron chi connectivity index (χ3n) is 3.97. The van der Waals surface area contributed by atoms with Gasteiger partial charge in [0.25, 0.3) is 0 Å². The highest BCUT2D eigenvalue weighted by atomic mass is 19.4. The maximum atomic E-state index is 12.7. The molecule has 1 heterocycles. The lowest BCUT2D eigenvalue weighted by molar-refractivity contribution is -0.137. The second-order valence-corrected chi connectivity index (χ2v) is 5.74. The second-order valence-electron chi connectivity index (χ2n) is 5.74. The Balaban J connectivity index is 1.88. The summed E-state index contributed by atoms with van der Waals surface area (Å²) < 4.78 is 38.1. The van der Waals surface area contributed by atoms with E-state index in [1.165, 1.54) is 6.07 Å². The van der Waals surface area contributed by atoms with E-state index in [2.05, 4.69) is 10.6 Å². The molecule has 1 aromatic rings. The molecule has 2 atom stereocenters. The largest absolute Gasteiger partial charge is 0.416 e. The Morgan fingerprint density at radius 3 is 2.86 bits per heavy atom. The van der Waals surface area contributed by atoms with Crippen LogP contribution in [0, 0.1) is 0 Å². The van der Waals surface area contributed by atoms with E-state index < -0.39 is 17.8 Å². The molecular formula is C16H21F3N2O. The number of amides is 1. The van der Waals surface area contributed by atoms with Gasteiger partial charge in [-0.15, -0.1) is 0 Å². The topological polar surface area (TPSA) is 41.1 Å². The van der Waals surface area contributed by atoms with Crippen LogP contribution in [-0.4, -0.2) is 18.5 Å². The molecule has 1 amide bonds. The summed E-state index contributed by atoms with van der Waals surface area (Å²) in [5, 5.41) is 6.08. The second kappa shape index (κ2) is 7.13. The fraction of sp³-hybridized carbons (Fsp3) is 0.562. The quantitative estimate of drug-likeness (QED) is 0.874. The molecule has 1 aliphatic heterocycles. The first-order chi connectivity index (χ1) is 10.4. The molecule has 0 spiro atoms. The highest BCUT2D eigenvalue weighted by Gasteiger charge is 2.30. The van der Waals surface area contributed by atoms with E-state index in [1.54, 1.807) is 13.0 Å². The zero-order chi connectivity index (χ0) is 16.2. The average Bonchev–Trinajstić information content (AvgIpc) is 2.97. The van der Waals surface area contributed by atoms with Gasteiger partial charge in [0.05, 0.1) is 11.6 Å². The molecule has 1 aliphatic rings. The summed E-state index contributed by atoms with van der Waals surface area (Å²) in [7, 11) is 0. The Kier molecular flexibility index (Phi) is 5.45. The van der Waals surface area contributed by atoms with Crippen molar-refractivity contribution < 1.29 is 18.0 Å². The molecular weight excluding hydrogens is 293 g/mol. The summed E-state index contributed by atoms with van der Waals surface area (Å²) in [5.41, 5.74) is -0.233. The first-order valence-corrected chi connectivity index (χ1v) is 7.56. The lowest BCUT2D eigenvalue weighted by Crippen LogP contribution is -2.29. The van der Waals surface area contributed by atoms with Crippen molar-refractivity contribution in [3.05, 3.63) is 35.4 Å². The highest BCUT2D eigenvalue weighted by molar-refractivity contribution is 5.76. The Labute approximate surface area is 128 Å². The summed E-state index contributed by atoms with van der Waals surface area (Å²) >= 11 is 0. The monoisotopic (exact) mass is 314 g/mol. The zero-order valence-electron chi connectivity index (χ0n) is 12.5. The summed E-state index contributed by atoms with van der Waals surface area (Å²) in [4.78, 5) is 11.9. The van der Waals surface area contributed by atoms with Crippen LogP contribution in [0.2, 0.25) is 0 Å². The van der Waals surface area contributed by atoms with Gasteiger partial charge in [0, 0.05) is 12.5 Å². The zero-order valence-corrected chi connectivity index (χ0v) is 12.5. The number of benzene rings is 1. The summed E-state index contributed by atoms with van der Waals surface area (Å²) in [6.45, 7) is 2.69. The number of alkyl halides is 3. The maximum Gasteiger partial charge on any atom is 0.416 e. The van der Waals surface area contributed by atoms with Crippen LogP contribution in [-0.2, 0) is 11.0 Å². The van der Waals surface area contributed by atoms with Gasteiger partial charge >= 0.3 is 6.18 Å². The summed E-state index contributed by atoms with van der Waals surface area (Å²) in [6.07, 6.45) is -1.00. The van der Waals surface area contributed by atoms with Crippen molar-refractivity contribution in [2.45, 2.75) is 50.9 Å². The first kappa shape index (κ1) is 16.8. The normalized spacial score (nSPS) is 19.9. The Hall–Kier alpha value is -1.56. The van der Waals surface area contributed by atoms with E-state index >= 15 is 0 Å². The number of hydrogen-bond acceptors (Lipinski definition) is 2. The number of halogens is 3. The molecule has 1 fully saturated rings. The number of hydrogen-bond donors (Lipinski definition) is 2. The van der Waals surface area contributed by atoms with E-state index in [9.17, 15) is 18.0 Å². The van der Waals surface area contributed by atoms with Crippen molar-refractivity contribution in [1.82, 2.24) is 10.6 Å². The van der Waals surface area contributed by atoms with Crippen LogP contribution >= 0.6 is 0 Å². The minimum atomic E-state index is -4.37. The fourth-order valence-electron chi connectivity index (χ4n) is 2.69. The SMILES string of the molecule is CC(NC(=O)CCC1CCCN1)c1cccc(C(F)(F)F)c1. The van der Waals surface area contributed by atoms with Gasteiger partial charge in [-0.05, 0) is 50.4 Å². The van der Waals surface area contributed by atoms with E-state index in [0.29, 0.717) is 18.0 Å². The first-order valence-electron chi connectivity index (χ1n) is 7.56. The van der Waals surface area contributed by atoms with Crippen LogP contribution < -0.4 is 10.6 Å².